The zero-order valence-electron chi connectivity index (χ0n) is 16.5. The van der Waals surface area contributed by atoms with E-state index in [-0.39, 0.29) is 6.03 Å². The number of carbonyl (C=O) groups excluding carboxylic acids is 1. The fourth-order valence-corrected chi connectivity index (χ4v) is 3.55. The molecule has 1 aliphatic heterocycles. The molecule has 1 N–H and O–H groups in total. The Balaban J connectivity index is 1.33. The Kier molecular flexibility index (Phi) is 5.66. The minimum Gasteiger partial charge on any atom is -0.457 e. The van der Waals surface area contributed by atoms with Crippen LogP contribution in [0.1, 0.15) is 6.92 Å². The molecule has 5 nitrogen and oxygen atoms in total. The van der Waals surface area contributed by atoms with Crippen molar-refractivity contribution >= 4 is 17.4 Å². The van der Waals surface area contributed by atoms with Crippen molar-refractivity contribution in [1.29, 1.82) is 0 Å². The maximum Gasteiger partial charge on any atom is 0.321 e. The number of urea groups is 1. The summed E-state index contributed by atoms with van der Waals surface area (Å²) in [5.41, 5.74) is 1.92. The van der Waals surface area contributed by atoms with Gasteiger partial charge in [0.25, 0.3) is 0 Å². The molecular weight excluding hydrogens is 362 g/mol. The van der Waals surface area contributed by atoms with E-state index < -0.39 is 0 Å². The molecule has 5 heteroatoms. The average Bonchev–Trinajstić information content (AvgIpc) is 2.72. The number of amides is 2. The third-order valence-corrected chi connectivity index (χ3v) is 5.08. The average molecular weight is 387 g/mol. The van der Waals surface area contributed by atoms with Crippen LogP contribution in [0.3, 0.4) is 0 Å². The Bertz CT molecular complexity index is 941. The van der Waals surface area contributed by atoms with Gasteiger partial charge < -0.3 is 19.9 Å². The fraction of sp³-hybridized carbons (Fsp3) is 0.208. The molecule has 0 unspecified atom stereocenters. The van der Waals surface area contributed by atoms with Gasteiger partial charge in [-0.1, -0.05) is 42.5 Å². The Labute approximate surface area is 171 Å². The van der Waals surface area contributed by atoms with Crippen molar-refractivity contribution in [1.82, 2.24) is 4.90 Å². The lowest BCUT2D eigenvalue weighted by molar-refractivity contribution is 0.161. The van der Waals surface area contributed by atoms with Crippen molar-refractivity contribution in [2.75, 3.05) is 29.9 Å². The first kappa shape index (κ1) is 18.9. The molecule has 0 atom stereocenters. The van der Waals surface area contributed by atoms with Crippen molar-refractivity contribution in [3.05, 3.63) is 84.9 Å². The van der Waals surface area contributed by atoms with E-state index in [1.165, 1.54) is 5.69 Å². The molecule has 0 aliphatic carbocycles. The summed E-state index contributed by atoms with van der Waals surface area (Å²) in [6.45, 7) is 4.50. The van der Waals surface area contributed by atoms with Crippen LogP contribution in [-0.4, -0.2) is 36.6 Å². The Morgan fingerprint density at radius 3 is 2.31 bits per heavy atom. The number of benzene rings is 3. The summed E-state index contributed by atoms with van der Waals surface area (Å²) in [4.78, 5) is 16.8. The highest BCUT2D eigenvalue weighted by atomic mass is 16.5. The van der Waals surface area contributed by atoms with Gasteiger partial charge in [-0.05, 0) is 43.3 Å². The molecule has 1 fully saturated rings. The van der Waals surface area contributed by atoms with Crippen LogP contribution < -0.4 is 15.0 Å². The molecule has 1 heterocycles. The third kappa shape index (κ3) is 4.51. The number of hydrogen-bond acceptors (Lipinski definition) is 3. The number of likely N-dealkylation sites (N-methyl/N-ethyl adjacent to an activating group) is 1. The highest BCUT2D eigenvalue weighted by Crippen LogP contribution is 2.26. The second kappa shape index (κ2) is 8.69. The van der Waals surface area contributed by atoms with E-state index in [1.54, 1.807) is 0 Å². The van der Waals surface area contributed by atoms with Gasteiger partial charge in [-0.3, -0.25) is 0 Å². The van der Waals surface area contributed by atoms with E-state index >= 15 is 0 Å². The van der Waals surface area contributed by atoms with Crippen molar-refractivity contribution in [3.8, 4) is 11.5 Å². The SMILES string of the molecule is CCN(c1ccccc1)C1CN(C(=O)Nc2cccc(Oc3ccccc3)c2)C1. The molecule has 3 aromatic rings. The third-order valence-electron chi connectivity index (χ3n) is 5.08. The monoisotopic (exact) mass is 387 g/mol. The molecule has 3 aromatic carbocycles. The molecule has 0 radical (unpaired) electrons. The summed E-state index contributed by atoms with van der Waals surface area (Å²) in [5, 5.41) is 2.98. The quantitative estimate of drug-likeness (QED) is 0.631. The first-order valence-electron chi connectivity index (χ1n) is 9.93. The number of rotatable bonds is 6. The van der Waals surface area contributed by atoms with Gasteiger partial charge in [0.2, 0.25) is 0 Å². The van der Waals surface area contributed by atoms with Gasteiger partial charge in [0.1, 0.15) is 11.5 Å². The molecule has 1 saturated heterocycles. The maximum absolute atomic E-state index is 12.6. The lowest BCUT2D eigenvalue weighted by Crippen LogP contribution is -2.62. The first-order chi connectivity index (χ1) is 14.2. The van der Waals surface area contributed by atoms with Crippen LogP contribution in [0.15, 0.2) is 84.9 Å². The van der Waals surface area contributed by atoms with Crippen LogP contribution in [-0.2, 0) is 0 Å². The van der Waals surface area contributed by atoms with Gasteiger partial charge in [0.05, 0.1) is 6.04 Å². The summed E-state index contributed by atoms with van der Waals surface area (Å²) in [6, 6.07) is 27.7. The van der Waals surface area contributed by atoms with Crippen LogP contribution in [0.2, 0.25) is 0 Å². The van der Waals surface area contributed by atoms with E-state index in [1.807, 2.05) is 77.7 Å². The minimum atomic E-state index is -0.0813. The second-order valence-electron chi connectivity index (χ2n) is 7.05. The summed E-state index contributed by atoms with van der Waals surface area (Å²) < 4.78 is 5.84. The van der Waals surface area contributed by atoms with Crippen molar-refractivity contribution in [2.45, 2.75) is 13.0 Å². The van der Waals surface area contributed by atoms with E-state index in [0.29, 0.717) is 11.8 Å². The van der Waals surface area contributed by atoms with Gasteiger partial charge in [0, 0.05) is 37.1 Å². The largest absolute Gasteiger partial charge is 0.457 e. The van der Waals surface area contributed by atoms with Gasteiger partial charge in [-0.2, -0.15) is 0 Å². The molecule has 1 aliphatic rings. The number of hydrogen-bond donors (Lipinski definition) is 1. The number of para-hydroxylation sites is 2. The first-order valence-corrected chi connectivity index (χ1v) is 9.93. The predicted molar refractivity (Wildman–Crippen MR) is 117 cm³/mol. The van der Waals surface area contributed by atoms with E-state index in [0.717, 1.165) is 31.1 Å². The van der Waals surface area contributed by atoms with E-state index in [9.17, 15) is 4.79 Å². The van der Waals surface area contributed by atoms with Crippen LogP contribution in [0.4, 0.5) is 16.2 Å². The Morgan fingerprint density at radius 2 is 1.62 bits per heavy atom. The number of ether oxygens (including phenoxy) is 1. The molecule has 4 rings (SSSR count). The van der Waals surface area contributed by atoms with Gasteiger partial charge >= 0.3 is 6.03 Å². The van der Waals surface area contributed by atoms with Gasteiger partial charge in [-0.25, -0.2) is 4.79 Å². The van der Waals surface area contributed by atoms with Gasteiger partial charge in [0.15, 0.2) is 0 Å². The lowest BCUT2D eigenvalue weighted by Gasteiger charge is -2.46. The summed E-state index contributed by atoms with van der Waals surface area (Å²) in [7, 11) is 0. The zero-order chi connectivity index (χ0) is 20.1. The minimum absolute atomic E-state index is 0.0813. The highest BCUT2D eigenvalue weighted by molar-refractivity contribution is 5.90. The van der Waals surface area contributed by atoms with Crippen molar-refractivity contribution in [2.24, 2.45) is 0 Å². The number of likely N-dealkylation sites (tertiary alicyclic amines) is 1. The number of nitrogens with zero attached hydrogens (tertiary/aromatic N) is 2. The van der Waals surface area contributed by atoms with E-state index in [2.05, 4.69) is 29.3 Å². The topological polar surface area (TPSA) is 44.8 Å². The van der Waals surface area contributed by atoms with Gasteiger partial charge in [-0.15, -0.1) is 0 Å². The van der Waals surface area contributed by atoms with Crippen LogP contribution >= 0.6 is 0 Å². The summed E-state index contributed by atoms with van der Waals surface area (Å²) in [5.74, 6) is 1.46. The molecule has 148 valence electrons. The summed E-state index contributed by atoms with van der Waals surface area (Å²) in [6.07, 6.45) is 0. The highest BCUT2D eigenvalue weighted by Gasteiger charge is 2.34. The molecule has 0 bridgehead atoms. The standard InChI is InChI=1S/C24H25N3O2/c1-2-27(20-11-5-3-6-12-20)21-17-26(18-21)24(28)25-19-10-9-15-23(16-19)29-22-13-7-4-8-14-22/h3-16,21H,2,17-18H2,1H3,(H,25,28). The normalized spacial score (nSPS) is 13.5. The van der Waals surface area contributed by atoms with Crippen molar-refractivity contribution in [3.63, 3.8) is 0 Å². The molecular formula is C24H25N3O2. The van der Waals surface area contributed by atoms with Crippen LogP contribution in [0.5, 0.6) is 11.5 Å². The predicted octanol–water partition coefficient (Wildman–Crippen LogP) is 5.22. The molecule has 0 spiro atoms. The molecule has 2 amide bonds. The Morgan fingerprint density at radius 1 is 0.966 bits per heavy atom. The smallest absolute Gasteiger partial charge is 0.321 e. The number of nitrogens with one attached hydrogen (secondary N) is 1. The van der Waals surface area contributed by atoms with Crippen LogP contribution in [0, 0.1) is 0 Å². The molecule has 0 aromatic heterocycles. The Hall–Kier alpha value is -3.47. The van der Waals surface area contributed by atoms with Crippen LogP contribution in [0.25, 0.3) is 0 Å². The zero-order valence-corrected chi connectivity index (χ0v) is 16.5. The fourth-order valence-electron chi connectivity index (χ4n) is 3.55. The van der Waals surface area contributed by atoms with E-state index in [4.69, 9.17) is 4.74 Å². The number of anilines is 2. The molecule has 29 heavy (non-hydrogen) atoms. The lowest BCUT2D eigenvalue weighted by atomic mass is 10.1. The second-order valence-corrected chi connectivity index (χ2v) is 7.05. The maximum atomic E-state index is 12.6. The number of carbonyl (C=O) groups is 1. The van der Waals surface area contributed by atoms with Crippen molar-refractivity contribution < 1.29 is 9.53 Å². The summed E-state index contributed by atoms with van der Waals surface area (Å²) >= 11 is 0. The molecule has 0 saturated carbocycles.